The smallest absolute Gasteiger partial charge is 0.254 e. The zero-order valence-corrected chi connectivity index (χ0v) is 16.1. The highest BCUT2D eigenvalue weighted by molar-refractivity contribution is 5.95. The molecular formula is C22H25N5O. The number of carbonyl (C=O) groups excluding carboxylic acids is 1. The minimum Gasteiger partial charge on any atom is -0.349 e. The van der Waals surface area contributed by atoms with Gasteiger partial charge >= 0.3 is 0 Å². The van der Waals surface area contributed by atoms with Gasteiger partial charge in [0.25, 0.3) is 5.91 Å². The summed E-state index contributed by atoms with van der Waals surface area (Å²) in [6, 6.07) is 16.4. The van der Waals surface area contributed by atoms with Crippen molar-refractivity contribution in [3.8, 4) is 5.82 Å². The molecule has 0 bridgehead atoms. The molecule has 1 N–H and O–H groups in total. The predicted octanol–water partition coefficient (Wildman–Crippen LogP) is 2.97. The second kappa shape index (κ2) is 8.35. The largest absolute Gasteiger partial charge is 0.349 e. The van der Waals surface area contributed by atoms with Crippen LogP contribution in [0.2, 0.25) is 0 Å². The SMILES string of the molecule is Cc1c(C(=O)NC2CCN(Cc3ccccc3)CC2)cnn1-c1ccccn1. The van der Waals surface area contributed by atoms with Gasteiger partial charge in [-0.25, -0.2) is 9.67 Å². The highest BCUT2D eigenvalue weighted by Gasteiger charge is 2.23. The van der Waals surface area contributed by atoms with Crippen LogP contribution in [-0.4, -0.2) is 44.7 Å². The molecular weight excluding hydrogens is 350 g/mol. The lowest BCUT2D eigenvalue weighted by molar-refractivity contribution is 0.0908. The van der Waals surface area contributed by atoms with Crippen LogP contribution in [0.3, 0.4) is 0 Å². The first kappa shape index (κ1) is 18.4. The number of hydrogen-bond acceptors (Lipinski definition) is 4. The molecule has 1 saturated heterocycles. The molecule has 2 aromatic heterocycles. The van der Waals surface area contributed by atoms with Crippen molar-refractivity contribution in [1.29, 1.82) is 0 Å². The van der Waals surface area contributed by atoms with Gasteiger partial charge in [-0.3, -0.25) is 9.69 Å². The number of carbonyl (C=O) groups is 1. The third kappa shape index (κ3) is 4.12. The molecule has 1 aliphatic heterocycles. The molecule has 3 aromatic rings. The molecule has 0 aliphatic carbocycles. The Hall–Kier alpha value is -2.99. The van der Waals surface area contributed by atoms with Crippen molar-refractivity contribution in [1.82, 2.24) is 25.0 Å². The number of rotatable bonds is 5. The minimum absolute atomic E-state index is 0.0545. The van der Waals surface area contributed by atoms with Crippen molar-refractivity contribution in [3.05, 3.63) is 77.7 Å². The molecule has 1 aromatic carbocycles. The lowest BCUT2D eigenvalue weighted by atomic mass is 10.0. The van der Waals surface area contributed by atoms with E-state index < -0.39 is 0 Å². The van der Waals surface area contributed by atoms with Crippen LogP contribution >= 0.6 is 0 Å². The van der Waals surface area contributed by atoms with Gasteiger partial charge in [0.2, 0.25) is 0 Å². The number of nitrogens with one attached hydrogen (secondary N) is 1. The Balaban J connectivity index is 1.33. The van der Waals surface area contributed by atoms with Crippen molar-refractivity contribution < 1.29 is 4.79 Å². The van der Waals surface area contributed by atoms with E-state index in [1.807, 2.05) is 31.2 Å². The Morgan fingerprint density at radius 2 is 1.86 bits per heavy atom. The van der Waals surface area contributed by atoms with E-state index in [1.165, 1.54) is 5.56 Å². The fourth-order valence-electron chi connectivity index (χ4n) is 3.68. The third-order valence-electron chi connectivity index (χ3n) is 5.29. The number of likely N-dealkylation sites (tertiary alicyclic amines) is 1. The van der Waals surface area contributed by atoms with Crippen LogP contribution in [0.4, 0.5) is 0 Å². The van der Waals surface area contributed by atoms with Gasteiger partial charge in [-0.15, -0.1) is 0 Å². The van der Waals surface area contributed by atoms with Crippen LogP contribution in [0.5, 0.6) is 0 Å². The molecule has 0 spiro atoms. The quantitative estimate of drug-likeness (QED) is 0.745. The van der Waals surface area contributed by atoms with Gasteiger partial charge in [-0.1, -0.05) is 36.4 Å². The number of pyridine rings is 1. The van der Waals surface area contributed by atoms with Crippen molar-refractivity contribution in [3.63, 3.8) is 0 Å². The van der Waals surface area contributed by atoms with Crippen LogP contribution in [0, 0.1) is 6.92 Å². The average molecular weight is 375 g/mol. The van der Waals surface area contributed by atoms with Gasteiger partial charge < -0.3 is 5.32 Å². The molecule has 28 heavy (non-hydrogen) atoms. The topological polar surface area (TPSA) is 63.1 Å². The maximum Gasteiger partial charge on any atom is 0.254 e. The van der Waals surface area contributed by atoms with E-state index in [0.29, 0.717) is 11.4 Å². The first-order valence-corrected chi connectivity index (χ1v) is 9.74. The molecule has 0 radical (unpaired) electrons. The Labute approximate surface area is 165 Å². The van der Waals surface area contributed by atoms with Crippen LogP contribution in [0.1, 0.15) is 34.5 Å². The maximum absolute atomic E-state index is 12.8. The van der Waals surface area contributed by atoms with Gasteiger partial charge in [0, 0.05) is 31.9 Å². The Kier molecular flexibility index (Phi) is 5.48. The van der Waals surface area contributed by atoms with Gasteiger partial charge in [0.15, 0.2) is 5.82 Å². The first-order valence-electron chi connectivity index (χ1n) is 9.74. The van der Waals surface area contributed by atoms with Crippen molar-refractivity contribution >= 4 is 5.91 Å². The summed E-state index contributed by atoms with van der Waals surface area (Å²) in [6.45, 7) is 4.86. The monoisotopic (exact) mass is 375 g/mol. The minimum atomic E-state index is -0.0545. The van der Waals surface area contributed by atoms with E-state index in [4.69, 9.17) is 0 Å². The number of amides is 1. The summed E-state index contributed by atoms with van der Waals surface area (Å²) in [4.78, 5) is 19.5. The molecule has 1 amide bonds. The number of aromatic nitrogens is 3. The van der Waals surface area contributed by atoms with Gasteiger partial charge in [-0.2, -0.15) is 5.10 Å². The van der Waals surface area contributed by atoms with E-state index in [1.54, 1.807) is 17.1 Å². The molecule has 0 atom stereocenters. The number of piperidine rings is 1. The zero-order valence-electron chi connectivity index (χ0n) is 16.1. The second-order valence-corrected chi connectivity index (χ2v) is 7.25. The summed E-state index contributed by atoms with van der Waals surface area (Å²) in [7, 11) is 0. The molecule has 6 heteroatoms. The van der Waals surface area contributed by atoms with Crippen LogP contribution in [-0.2, 0) is 6.54 Å². The van der Waals surface area contributed by atoms with Gasteiger partial charge in [0.05, 0.1) is 17.5 Å². The molecule has 0 saturated carbocycles. The fraction of sp³-hybridized carbons (Fsp3) is 0.318. The molecule has 4 rings (SSSR count). The first-order chi connectivity index (χ1) is 13.7. The average Bonchev–Trinajstić information content (AvgIpc) is 3.12. The summed E-state index contributed by atoms with van der Waals surface area (Å²) >= 11 is 0. The van der Waals surface area contributed by atoms with Crippen LogP contribution < -0.4 is 5.32 Å². The molecule has 1 aliphatic rings. The van der Waals surface area contributed by atoms with Crippen LogP contribution in [0.25, 0.3) is 5.82 Å². The van der Waals surface area contributed by atoms with Crippen molar-refractivity contribution in [2.24, 2.45) is 0 Å². The van der Waals surface area contributed by atoms with E-state index >= 15 is 0 Å². The molecule has 3 heterocycles. The van der Waals surface area contributed by atoms with E-state index in [9.17, 15) is 4.79 Å². The number of benzene rings is 1. The van der Waals surface area contributed by atoms with Crippen molar-refractivity contribution in [2.45, 2.75) is 32.4 Å². The molecule has 144 valence electrons. The molecule has 0 unspecified atom stereocenters. The van der Waals surface area contributed by atoms with Gasteiger partial charge in [-0.05, 0) is 37.5 Å². The Morgan fingerprint density at radius 1 is 1.11 bits per heavy atom. The van der Waals surface area contributed by atoms with Crippen molar-refractivity contribution in [2.75, 3.05) is 13.1 Å². The second-order valence-electron chi connectivity index (χ2n) is 7.25. The highest BCUT2D eigenvalue weighted by Crippen LogP contribution is 2.16. The van der Waals surface area contributed by atoms with E-state index in [0.717, 1.165) is 38.2 Å². The number of hydrogen-bond donors (Lipinski definition) is 1. The predicted molar refractivity (Wildman–Crippen MR) is 108 cm³/mol. The number of nitrogens with zero attached hydrogens (tertiary/aromatic N) is 4. The van der Waals surface area contributed by atoms with Gasteiger partial charge in [0.1, 0.15) is 0 Å². The molecule has 6 nitrogen and oxygen atoms in total. The maximum atomic E-state index is 12.8. The zero-order chi connectivity index (χ0) is 19.3. The summed E-state index contributed by atoms with van der Waals surface area (Å²) in [5, 5.41) is 7.53. The third-order valence-corrected chi connectivity index (χ3v) is 5.29. The highest BCUT2D eigenvalue weighted by atomic mass is 16.1. The summed E-state index contributed by atoms with van der Waals surface area (Å²) in [5.41, 5.74) is 2.75. The summed E-state index contributed by atoms with van der Waals surface area (Å²) in [5.74, 6) is 0.662. The molecule has 1 fully saturated rings. The summed E-state index contributed by atoms with van der Waals surface area (Å²) in [6.07, 6.45) is 5.28. The standard InChI is InChI=1S/C22H25N5O/c1-17-20(15-24-27(17)21-9-5-6-12-23-21)22(28)25-19-10-13-26(14-11-19)16-18-7-3-2-4-8-18/h2-9,12,15,19H,10-11,13-14,16H2,1H3,(H,25,28). The van der Waals surface area contributed by atoms with E-state index in [2.05, 4.69) is 44.6 Å². The van der Waals surface area contributed by atoms with Crippen LogP contribution in [0.15, 0.2) is 60.9 Å². The normalized spacial score (nSPS) is 15.5. The lowest BCUT2D eigenvalue weighted by Crippen LogP contribution is -2.44. The Bertz CT molecular complexity index is 915. The summed E-state index contributed by atoms with van der Waals surface area (Å²) < 4.78 is 1.71. The van der Waals surface area contributed by atoms with E-state index in [-0.39, 0.29) is 11.9 Å². The fourth-order valence-corrected chi connectivity index (χ4v) is 3.68. The Morgan fingerprint density at radius 3 is 2.57 bits per heavy atom. The lowest BCUT2D eigenvalue weighted by Gasteiger charge is -2.32.